The van der Waals surface area contributed by atoms with Crippen LogP contribution in [0.3, 0.4) is 0 Å². The van der Waals surface area contributed by atoms with Crippen LogP contribution >= 0.6 is 22.9 Å². The molecule has 0 aliphatic rings. The third-order valence-electron chi connectivity index (χ3n) is 4.64. The third-order valence-corrected chi connectivity index (χ3v) is 5.83. The molecular weight excluding hydrogens is 460 g/mol. The van der Waals surface area contributed by atoms with Crippen LogP contribution in [0.2, 0.25) is 5.02 Å². The minimum Gasteiger partial charge on any atom is -0.458 e. The van der Waals surface area contributed by atoms with E-state index in [1.165, 1.54) is 11.3 Å². The molecule has 0 unspecified atom stereocenters. The zero-order valence-corrected chi connectivity index (χ0v) is 20.3. The van der Waals surface area contributed by atoms with Gasteiger partial charge in [0.2, 0.25) is 5.91 Å². The molecular formula is C25H27ClN2O4S. The number of aliphatic hydroxyl groups excluding tert-OH is 1. The fourth-order valence-electron chi connectivity index (χ4n) is 3.10. The number of ether oxygens (including phenoxy) is 1. The number of benzene rings is 2. The molecule has 1 heterocycles. The lowest BCUT2D eigenvalue weighted by atomic mass is 10.0. The van der Waals surface area contributed by atoms with Gasteiger partial charge in [-0.05, 0) is 38.5 Å². The number of carbonyl (C=O) groups is 2. The SMILES string of the molecule is CC(C)(C)OC(=O)[C@H](Cc1ccccc1)NC(=O)[C@@H](O)Cc1csc(-c2ccc(Cl)cc2)n1. The van der Waals surface area contributed by atoms with Gasteiger partial charge in [-0.2, -0.15) is 0 Å². The van der Waals surface area contributed by atoms with E-state index in [1.54, 1.807) is 38.3 Å². The van der Waals surface area contributed by atoms with Gasteiger partial charge in [-0.1, -0.05) is 54.1 Å². The molecule has 0 aliphatic heterocycles. The summed E-state index contributed by atoms with van der Waals surface area (Å²) in [6.45, 7) is 5.30. The van der Waals surface area contributed by atoms with Gasteiger partial charge >= 0.3 is 5.97 Å². The molecule has 0 aliphatic carbocycles. The molecule has 0 saturated heterocycles. The van der Waals surface area contributed by atoms with E-state index in [0.29, 0.717) is 10.7 Å². The molecule has 3 rings (SSSR count). The van der Waals surface area contributed by atoms with E-state index in [0.717, 1.165) is 16.1 Å². The highest BCUT2D eigenvalue weighted by Gasteiger charge is 2.29. The van der Waals surface area contributed by atoms with Crippen LogP contribution in [0.5, 0.6) is 0 Å². The zero-order valence-electron chi connectivity index (χ0n) is 18.7. The fraction of sp³-hybridized carbons (Fsp3) is 0.320. The van der Waals surface area contributed by atoms with Crippen LogP contribution in [-0.4, -0.2) is 39.7 Å². The van der Waals surface area contributed by atoms with Crippen LogP contribution in [0.25, 0.3) is 10.6 Å². The summed E-state index contributed by atoms with van der Waals surface area (Å²) in [5.41, 5.74) is 1.66. The third kappa shape index (κ3) is 7.67. The maximum absolute atomic E-state index is 12.7. The quantitative estimate of drug-likeness (QED) is 0.460. The lowest BCUT2D eigenvalue weighted by Crippen LogP contribution is -2.49. The Kier molecular flexibility index (Phi) is 8.24. The summed E-state index contributed by atoms with van der Waals surface area (Å²) >= 11 is 7.35. The first-order valence-corrected chi connectivity index (χ1v) is 11.8. The van der Waals surface area contributed by atoms with Crippen LogP contribution < -0.4 is 5.32 Å². The largest absolute Gasteiger partial charge is 0.458 e. The molecule has 0 saturated carbocycles. The van der Waals surface area contributed by atoms with Crippen molar-refractivity contribution in [3.05, 3.63) is 76.3 Å². The highest BCUT2D eigenvalue weighted by molar-refractivity contribution is 7.13. The summed E-state index contributed by atoms with van der Waals surface area (Å²) in [5.74, 6) is -1.20. The smallest absolute Gasteiger partial charge is 0.329 e. The second-order valence-corrected chi connectivity index (χ2v) is 9.95. The van der Waals surface area contributed by atoms with E-state index in [4.69, 9.17) is 16.3 Å². The number of carbonyl (C=O) groups excluding carboxylic acids is 2. The Bertz CT molecular complexity index is 1080. The number of halogens is 1. The second-order valence-electron chi connectivity index (χ2n) is 8.66. The van der Waals surface area contributed by atoms with Gasteiger partial charge in [0, 0.05) is 28.8 Å². The molecule has 3 aromatic rings. The first-order chi connectivity index (χ1) is 15.6. The highest BCUT2D eigenvalue weighted by Crippen LogP contribution is 2.25. The van der Waals surface area contributed by atoms with Crippen molar-refractivity contribution in [1.29, 1.82) is 0 Å². The van der Waals surface area contributed by atoms with Gasteiger partial charge in [-0.3, -0.25) is 4.79 Å². The molecule has 1 amide bonds. The van der Waals surface area contributed by atoms with Crippen molar-refractivity contribution in [3.63, 3.8) is 0 Å². The number of rotatable bonds is 8. The van der Waals surface area contributed by atoms with Gasteiger partial charge in [-0.15, -0.1) is 11.3 Å². The lowest BCUT2D eigenvalue weighted by molar-refractivity contribution is -0.159. The molecule has 1 aromatic heterocycles. The number of aliphatic hydroxyl groups is 1. The Morgan fingerprint density at radius 1 is 1.09 bits per heavy atom. The Hall–Kier alpha value is -2.74. The summed E-state index contributed by atoms with van der Waals surface area (Å²) in [4.78, 5) is 30.0. The number of hydrogen-bond donors (Lipinski definition) is 2. The number of amides is 1. The molecule has 0 spiro atoms. The topological polar surface area (TPSA) is 88.5 Å². The Morgan fingerprint density at radius 3 is 2.39 bits per heavy atom. The van der Waals surface area contributed by atoms with Crippen molar-refractivity contribution in [1.82, 2.24) is 10.3 Å². The molecule has 0 radical (unpaired) electrons. The summed E-state index contributed by atoms with van der Waals surface area (Å²) in [5, 5.41) is 16.4. The van der Waals surface area contributed by atoms with Gasteiger partial charge in [0.25, 0.3) is 0 Å². The van der Waals surface area contributed by atoms with Crippen molar-refractivity contribution in [2.75, 3.05) is 0 Å². The van der Waals surface area contributed by atoms with Crippen LogP contribution in [0.1, 0.15) is 32.0 Å². The molecule has 8 heteroatoms. The Balaban J connectivity index is 1.66. The predicted molar refractivity (Wildman–Crippen MR) is 130 cm³/mol. The molecule has 2 atom stereocenters. The zero-order chi connectivity index (χ0) is 24.0. The molecule has 174 valence electrons. The van der Waals surface area contributed by atoms with Gasteiger partial charge in [0.15, 0.2) is 0 Å². The standard InChI is InChI=1S/C25H27ClN2O4S/c1-25(2,3)32-24(31)20(13-16-7-5-4-6-8-16)28-22(30)21(29)14-19-15-33-23(27-19)17-9-11-18(26)12-10-17/h4-12,15,20-21,29H,13-14H2,1-3H3,(H,28,30)/t20-,21-/m0/s1. The fourth-order valence-corrected chi connectivity index (χ4v) is 4.07. The van der Waals surface area contributed by atoms with Crippen molar-refractivity contribution >= 4 is 34.8 Å². The first-order valence-electron chi connectivity index (χ1n) is 10.6. The van der Waals surface area contributed by atoms with Crippen molar-refractivity contribution in [3.8, 4) is 10.6 Å². The lowest BCUT2D eigenvalue weighted by Gasteiger charge is -2.25. The molecule has 0 fully saturated rings. The summed E-state index contributed by atoms with van der Waals surface area (Å²) < 4.78 is 5.48. The number of thiazole rings is 1. The van der Waals surface area contributed by atoms with Crippen molar-refractivity contribution in [2.24, 2.45) is 0 Å². The number of nitrogens with one attached hydrogen (secondary N) is 1. The van der Waals surface area contributed by atoms with E-state index in [-0.39, 0.29) is 12.8 Å². The van der Waals surface area contributed by atoms with E-state index >= 15 is 0 Å². The summed E-state index contributed by atoms with van der Waals surface area (Å²) in [6, 6.07) is 15.7. The van der Waals surface area contributed by atoms with Gasteiger partial charge in [0.05, 0.1) is 5.69 Å². The van der Waals surface area contributed by atoms with E-state index in [2.05, 4.69) is 10.3 Å². The van der Waals surface area contributed by atoms with Crippen LogP contribution in [0.4, 0.5) is 0 Å². The minimum atomic E-state index is -1.36. The van der Waals surface area contributed by atoms with Crippen molar-refractivity contribution in [2.45, 2.75) is 51.4 Å². The summed E-state index contributed by atoms with van der Waals surface area (Å²) in [7, 11) is 0. The number of nitrogens with zero attached hydrogens (tertiary/aromatic N) is 1. The molecule has 33 heavy (non-hydrogen) atoms. The van der Waals surface area contributed by atoms with Gasteiger partial charge in [0.1, 0.15) is 22.8 Å². The van der Waals surface area contributed by atoms with Crippen LogP contribution in [0, 0.1) is 0 Å². The first kappa shape index (κ1) is 24.9. The predicted octanol–water partition coefficient (Wildman–Crippen LogP) is 4.44. The minimum absolute atomic E-state index is 0.0301. The van der Waals surface area contributed by atoms with E-state index < -0.39 is 29.6 Å². The number of hydrogen-bond acceptors (Lipinski definition) is 6. The maximum Gasteiger partial charge on any atom is 0.329 e. The van der Waals surface area contributed by atoms with Gasteiger partial charge in [-0.25, -0.2) is 9.78 Å². The van der Waals surface area contributed by atoms with Crippen LogP contribution in [-0.2, 0) is 27.2 Å². The van der Waals surface area contributed by atoms with E-state index in [9.17, 15) is 14.7 Å². The summed E-state index contributed by atoms with van der Waals surface area (Å²) in [6.07, 6.45) is -1.07. The normalized spacial score (nSPS) is 13.2. The Labute approximate surface area is 202 Å². The average Bonchev–Trinajstić information content (AvgIpc) is 3.21. The second kappa shape index (κ2) is 10.9. The average molecular weight is 487 g/mol. The highest BCUT2D eigenvalue weighted by atomic mass is 35.5. The number of esters is 1. The van der Waals surface area contributed by atoms with E-state index in [1.807, 2.05) is 42.5 Å². The molecule has 2 N–H and O–H groups in total. The molecule has 6 nitrogen and oxygen atoms in total. The molecule has 2 aromatic carbocycles. The van der Waals surface area contributed by atoms with Crippen molar-refractivity contribution < 1.29 is 19.4 Å². The monoisotopic (exact) mass is 486 g/mol. The van der Waals surface area contributed by atoms with Gasteiger partial charge < -0.3 is 15.2 Å². The molecule has 0 bridgehead atoms. The van der Waals surface area contributed by atoms with Crippen LogP contribution in [0.15, 0.2) is 60.0 Å². The Morgan fingerprint density at radius 2 is 1.76 bits per heavy atom. The number of aromatic nitrogens is 1. The maximum atomic E-state index is 12.7.